The molecule has 0 bridgehead atoms. The Labute approximate surface area is 195 Å². The number of urea groups is 1. The molecule has 0 radical (unpaired) electrons. The highest BCUT2D eigenvalue weighted by molar-refractivity contribution is 6.49. The number of rotatable bonds is 6. The van der Waals surface area contributed by atoms with Crippen LogP contribution in [-0.4, -0.2) is 46.4 Å². The Morgan fingerprint density at radius 3 is 2.29 bits per heavy atom. The summed E-state index contributed by atoms with van der Waals surface area (Å²) < 4.78 is 0. The van der Waals surface area contributed by atoms with Crippen LogP contribution in [0.2, 0.25) is 15.1 Å². The molecular weight excluding hydrogens is 461 g/mol. The molecule has 2 aromatic carbocycles. The molecular formula is C22H20Cl3N3O3. The molecule has 0 N–H and O–H groups in total. The van der Waals surface area contributed by atoms with E-state index in [0.717, 1.165) is 15.4 Å². The molecule has 0 aromatic heterocycles. The van der Waals surface area contributed by atoms with E-state index in [1.54, 1.807) is 13.8 Å². The number of imide groups is 2. The van der Waals surface area contributed by atoms with Crippen LogP contribution >= 0.6 is 34.8 Å². The molecule has 1 unspecified atom stereocenters. The van der Waals surface area contributed by atoms with E-state index >= 15 is 0 Å². The molecule has 1 aliphatic heterocycles. The maximum absolute atomic E-state index is 13.0. The fourth-order valence-electron chi connectivity index (χ4n) is 3.21. The maximum atomic E-state index is 13.0. The number of nitrogens with zero attached hydrogens (tertiary/aromatic N) is 3. The van der Waals surface area contributed by atoms with Gasteiger partial charge in [-0.3, -0.25) is 24.4 Å². The predicted molar refractivity (Wildman–Crippen MR) is 122 cm³/mol. The van der Waals surface area contributed by atoms with Crippen LogP contribution in [0.1, 0.15) is 19.4 Å². The van der Waals surface area contributed by atoms with Crippen molar-refractivity contribution in [3.63, 3.8) is 0 Å². The van der Waals surface area contributed by atoms with Crippen molar-refractivity contribution in [3.8, 4) is 0 Å². The summed E-state index contributed by atoms with van der Waals surface area (Å²) in [7, 11) is 0. The van der Waals surface area contributed by atoms with E-state index in [2.05, 4.69) is 4.99 Å². The van der Waals surface area contributed by atoms with E-state index in [1.165, 1.54) is 18.3 Å². The average molecular weight is 481 g/mol. The Balaban J connectivity index is 1.89. The number of carbonyl (C=O) groups is 3. The number of halogens is 3. The van der Waals surface area contributed by atoms with E-state index < -0.39 is 29.8 Å². The van der Waals surface area contributed by atoms with Gasteiger partial charge in [0.25, 0.3) is 0 Å². The molecule has 1 saturated heterocycles. The van der Waals surface area contributed by atoms with Crippen LogP contribution in [-0.2, 0) is 16.0 Å². The standard InChI is InChI=1S/C22H20Cl3N3O3/c1-13(2)28-21(30)15(12-26-17-9-8-16(23)18(24)19(17)25)20(29)27(22(28)31)11-10-14-6-4-3-5-7-14/h3-9,12-13,15H,10-11H2,1-2H3. The Kier molecular flexibility index (Phi) is 7.36. The van der Waals surface area contributed by atoms with Crippen LogP contribution in [0.3, 0.4) is 0 Å². The summed E-state index contributed by atoms with van der Waals surface area (Å²) in [6.45, 7) is 3.58. The minimum atomic E-state index is -1.25. The molecule has 0 aliphatic carbocycles. The quantitative estimate of drug-likeness (QED) is 0.315. The van der Waals surface area contributed by atoms with E-state index in [9.17, 15) is 14.4 Å². The third-order valence-corrected chi connectivity index (χ3v) is 6.12. The lowest BCUT2D eigenvalue weighted by atomic mass is 10.0. The van der Waals surface area contributed by atoms with Crippen LogP contribution in [0, 0.1) is 5.92 Å². The van der Waals surface area contributed by atoms with Crippen molar-refractivity contribution in [1.29, 1.82) is 0 Å². The minimum absolute atomic E-state index is 0.110. The molecule has 1 fully saturated rings. The highest BCUT2D eigenvalue weighted by Crippen LogP contribution is 2.37. The van der Waals surface area contributed by atoms with Gasteiger partial charge in [0.05, 0.1) is 20.8 Å². The molecule has 0 spiro atoms. The van der Waals surface area contributed by atoms with Crippen molar-refractivity contribution in [1.82, 2.24) is 9.80 Å². The van der Waals surface area contributed by atoms with Gasteiger partial charge in [0.15, 0.2) is 5.92 Å². The van der Waals surface area contributed by atoms with Gasteiger partial charge in [-0.15, -0.1) is 0 Å². The number of carbonyl (C=O) groups excluding carboxylic acids is 3. The molecule has 1 heterocycles. The molecule has 162 valence electrons. The highest BCUT2D eigenvalue weighted by atomic mass is 35.5. The molecule has 1 aliphatic rings. The van der Waals surface area contributed by atoms with Gasteiger partial charge in [-0.1, -0.05) is 65.1 Å². The van der Waals surface area contributed by atoms with E-state index in [1.807, 2.05) is 30.3 Å². The normalized spacial score (nSPS) is 17.4. The zero-order chi connectivity index (χ0) is 22.7. The lowest BCUT2D eigenvalue weighted by Gasteiger charge is -2.37. The zero-order valence-corrected chi connectivity index (χ0v) is 19.2. The first-order valence-corrected chi connectivity index (χ1v) is 10.8. The number of amides is 4. The number of benzene rings is 2. The Morgan fingerprint density at radius 1 is 0.968 bits per heavy atom. The van der Waals surface area contributed by atoms with Crippen molar-refractivity contribution >= 4 is 64.6 Å². The second-order valence-electron chi connectivity index (χ2n) is 7.26. The lowest BCUT2D eigenvalue weighted by molar-refractivity contribution is -0.146. The lowest BCUT2D eigenvalue weighted by Crippen LogP contribution is -2.62. The smallest absolute Gasteiger partial charge is 0.273 e. The second kappa shape index (κ2) is 9.81. The molecule has 0 saturated carbocycles. The first kappa shape index (κ1) is 23.3. The average Bonchev–Trinajstić information content (AvgIpc) is 2.73. The van der Waals surface area contributed by atoms with E-state index in [0.29, 0.717) is 6.42 Å². The van der Waals surface area contributed by atoms with Crippen molar-refractivity contribution in [2.75, 3.05) is 6.54 Å². The zero-order valence-electron chi connectivity index (χ0n) is 16.9. The van der Waals surface area contributed by atoms with Crippen LogP contribution in [0.5, 0.6) is 0 Å². The SMILES string of the molecule is CC(C)N1C(=O)C(C=Nc2ccc(Cl)c(Cl)c2Cl)C(=O)N(CCc2ccccc2)C1=O. The molecule has 3 rings (SSSR count). The molecule has 1 atom stereocenters. The first-order valence-electron chi connectivity index (χ1n) is 9.62. The van der Waals surface area contributed by atoms with Crippen LogP contribution < -0.4 is 0 Å². The third-order valence-electron chi connectivity index (χ3n) is 4.83. The van der Waals surface area contributed by atoms with Gasteiger partial charge in [-0.05, 0) is 38.0 Å². The topological polar surface area (TPSA) is 70.1 Å². The monoisotopic (exact) mass is 479 g/mol. The summed E-state index contributed by atoms with van der Waals surface area (Å²) >= 11 is 18.1. The Bertz CT molecular complexity index is 1040. The summed E-state index contributed by atoms with van der Waals surface area (Å²) in [6, 6.07) is 11.5. The van der Waals surface area contributed by atoms with Gasteiger partial charge in [-0.2, -0.15) is 0 Å². The number of barbiturate groups is 1. The second-order valence-corrected chi connectivity index (χ2v) is 8.42. The van der Waals surface area contributed by atoms with Gasteiger partial charge < -0.3 is 0 Å². The van der Waals surface area contributed by atoms with E-state index in [4.69, 9.17) is 34.8 Å². The number of hydrogen-bond acceptors (Lipinski definition) is 4. The van der Waals surface area contributed by atoms with E-state index in [-0.39, 0.29) is 27.3 Å². The molecule has 31 heavy (non-hydrogen) atoms. The maximum Gasteiger partial charge on any atom is 0.333 e. The summed E-state index contributed by atoms with van der Waals surface area (Å²) in [6.07, 6.45) is 1.67. The first-order chi connectivity index (χ1) is 14.7. The summed E-state index contributed by atoms with van der Waals surface area (Å²) in [5.74, 6) is -2.50. The van der Waals surface area contributed by atoms with Gasteiger partial charge >= 0.3 is 6.03 Å². The van der Waals surface area contributed by atoms with Crippen LogP contribution in [0.25, 0.3) is 0 Å². The van der Waals surface area contributed by atoms with Crippen molar-refractivity contribution in [2.45, 2.75) is 26.3 Å². The molecule has 4 amide bonds. The largest absolute Gasteiger partial charge is 0.333 e. The van der Waals surface area contributed by atoms with Crippen molar-refractivity contribution in [2.24, 2.45) is 10.9 Å². The number of hydrogen-bond donors (Lipinski definition) is 0. The molecule has 6 nitrogen and oxygen atoms in total. The van der Waals surface area contributed by atoms with Gasteiger partial charge in [0.1, 0.15) is 0 Å². The fraction of sp³-hybridized carbons (Fsp3) is 0.273. The third kappa shape index (κ3) is 4.92. The summed E-state index contributed by atoms with van der Waals surface area (Å²) in [4.78, 5) is 45.2. The molecule has 2 aromatic rings. The van der Waals surface area contributed by atoms with Gasteiger partial charge in [-0.25, -0.2) is 4.79 Å². The van der Waals surface area contributed by atoms with Crippen molar-refractivity contribution < 1.29 is 14.4 Å². The van der Waals surface area contributed by atoms with Crippen LogP contribution in [0.15, 0.2) is 47.5 Å². The number of aliphatic imine (C=N–C) groups is 1. The Hall–Kier alpha value is -2.41. The fourth-order valence-corrected chi connectivity index (χ4v) is 3.79. The van der Waals surface area contributed by atoms with Gasteiger partial charge in [0, 0.05) is 18.8 Å². The van der Waals surface area contributed by atoms with Crippen molar-refractivity contribution in [3.05, 3.63) is 63.1 Å². The highest BCUT2D eigenvalue weighted by Gasteiger charge is 2.45. The minimum Gasteiger partial charge on any atom is -0.273 e. The van der Waals surface area contributed by atoms with Crippen LogP contribution in [0.4, 0.5) is 10.5 Å². The predicted octanol–water partition coefficient (Wildman–Crippen LogP) is 5.41. The molecule has 9 heteroatoms. The summed E-state index contributed by atoms with van der Waals surface area (Å²) in [5.41, 5.74) is 1.24. The van der Waals surface area contributed by atoms with Gasteiger partial charge in [0.2, 0.25) is 11.8 Å². The summed E-state index contributed by atoms with van der Waals surface area (Å²) in [5, 5.41) is 0.501. The Morgan fingerprint density at radius 2 is 1.65 bits per heavy atom.